The average molecular weight is 456 g/mol. The van der Waals surface area contributed by atoms with Crippen LogP contribution in [0.15, 0.2) is 61.7 Å². The number of halogens is 2. The lowest BCUT2D eigenvalue weighted by molar-refractivity contribution is -0.00856. The molecule has 4 aromatic rings. The van der Waals surface area contributed by atoms with Gasteiger partial charge in [0.25, 0.3) is 0 Å². The molecule has 8 nitrogen and oxygen atoms in total. The van der Waals surface area contributed by atoms with Crippen molar-refractivity contribution < 1.29 is 19.0 Å². The van der Waals surface area contributed by atoms with Gasteiger partial charge in [-0.1, -0.05) is 32.0 Å². The van der Waals surface area contributed by atoms with Crippen molar-refractivity contribution >= 4 is 0 Å². The molecular formula is C23H26F2N6O2. The van der Waals surface area contributed by atoms with Gasteiger partial charge in [-0.15, -0.1) is 0 Å². The van der Waals surface area contributed by atoms with Crippen LogP contribution in [0.3, 0.4) is 0 Å². The molecule has 0 saturated heterocycles. The lowest BCUT2D eigenvalue weighted by Crippen LogP contribution is -2.37. The van der Waals surface area contributed by atoms with Crippen LogP contribution in [-0.4, -0.2) is 39.7 Å². The summed E-state index contributed by atoms with van der Waals surface area (Å²) in [6, 6.07) is 8.83. The summed E-state index contributed by atoms with van der Waals surface area (Å²) in [6.45, 7) is 5.98. The second kappa shape index (κ2) is 10.3. The first-order valence-electron chi connectivity index (χ1n) is 10.3. The zero-order valence-corrected chi connectivity index (χ0v) is 18.6. The summed E-state index contributed by atoms with van der Waals surface area (Å²) in [5.74, 6) is -0.747. The minimum Gasteiger partial charge on any atom is -0.508 e. The number of aromatic nitrogens is 6. The number of phenols is 1. The molecule has 0 unspecified atom stereocenters. The average Bonchev–Trinajstić information content (AvgIpc) is 3.42. The summed E-state index contributed by atoms with van der Waals surface area (Å²) in [5.41, 5.74) is 0.376. The highest BCUT2D eigenvalue weighted by Crippen LogP contribution is 2.28. The normalized spacial score (nSPS) is 11.4. The van der Waals surface area contributed by atoms with E-state index in [-0.39, 0.29) is 18.7 Å². The smallest absolute Gasteiger partial charge is 0.137 e. The van der Waals surface area contributed by atoms with Crippen LogP contribution < -0.4 is 0 Å². The predicted octanol–water partition coefficient (Wildman–Crippen LogP) is 3.56. The highest BCUT2D eigenvalue weighted by molar-refractivity contribution is 5.37. The number of benzene rings is 2. The van der Waals surface area contributed by atoms with E-state index in [4.69, 9.17) is 0 Å². The lowest BCUT2D eigenvalue weighted by atomic mass is 9.93. The summed E-state index contributed by atoms with van der Waals surface area (Å²) < 4.78 is 29.9. The van der Waals surface area contributed by atoms with Crippen molar-refractivity contribution in [3.05, 3.63) is 90.0 Å². The van der Waals surface area contributed by atoms with Crippen LogP contribution >= 0.6 is 0 Å². The first-order chi connectivity index (χ1) is 15.7. The number of hydrogen-bond donors (Lipinski definition) is 2. The van der Waals surface area contributed by atoms with E-state index in [0.717, 1.165) is 23.3 Å². The first kappa shape index (κ1) is 24.0. The Morgan fingerprint density at radius 1 is 0.939 bits per heavy atom. The van der Waals surface area contributed by atoms with Gasteiger partial charge in [0.2, 0.25) is 0 Å². The molecule has 0 amide bonds. The maximum atomic E-state index is 14.1. The Morgan fingerprint density at radius 3 is 2.00 bits per heavy atom. The molecule has 2 heterocycles. The molecular weight excluding hydrogens is 430 g/mol. The highest BCUT2D eigenvalue weighted by atomic mass is 19.1. The van der Waals surface area contributed by atoms with E-state index in [1.807, 2.05) is 19.1 Å². The van der Waals surface area contributed by atoms with Crippen molar-refractivity contribution in [3.63, 3.8) is 0 Å². The fraction of sp³-hybridized carbons (Fsp3) is 0.304. The van der Waals surface area contributed by atoms with Gasteiger partial charge in [-0.3, -0.25) is 0 Å². The molecule has 0 bridgehead atoms. The van der Waals surface area contributed by atoms with E-state index < -0.39 is 17.2 Å². The second-order valence-corrected chi connectivity index (χ2v) is 8.06. The van der Waals surface area contributed by atoms with E-state index >= 15 is 0 Å². The number of hydrogen-bond acceptors (Lipinski definition) is 6. The Hall–Kier alpha value is -3.66. The minimum absolute atomic E-state index is 0.0556. The number of aryl methyl sites for hydroxylation is 1. The van der Waals surface area contributed by atoms with Gasteiger partial charge >= 0.3 is 0 Å². The van der Waals surface area contributed by atoms with E-state index in [1.165, 1.54) is 40.7 Å². The molecule has 0 spiro atoms. The standard InChI is InChI=1S/C13H12F2N6O.C10H14O/c14-10-1-2-11(12(15)3-10)13(22,4-20-8-16-6-18-20)5-21-9-17-7-19-21;1-7(2)9-5-4-8(3)6-10(9)11/h1-3,6-9,22H,4-5H2;4-7,11H,1-3H3. The number of rotatable bonds is 6. The maximum absolute atomic E-state index is 14.1. The Bertz CT molecular complexity index is 1130. The van der Waals surface area contributed by atoms with Gasteiger partial charge in [-0.05, 0) is 36.1 Å². The molecule has 0 aliphatic rings. The maximum Gasteiger partial charge on any atom is 0.137 e. The topological polar surface area (TPSA) is 102 Å². The molecule has 174 valence electrons. The monoisotopic (exact) mass is 456 g/mol. The molecule has 0 saturated carbocycles. The molecule has 4 rings (SSSR count). The summed E-state index contributed by atoms with van der Waals surface area (Å²) in [4.78, 5) is 7.57. The molecule has 2 N–H and O–H groups in total. The van der Waals surface area contributed by atoms with E-state index in [2.05, 4.69) is 34.0 Å². The summed E-state index contributed by atoms with van der Waals surface area (Å²) in [6.07, 6.45) is 5.40. The Balaban J connectivity index is 0.000000235. The van der Waals surface area contributed by atoms with Crippen LogP contribution in [0, 0.1) is 18.6 Å². The molecule has 2 aromatic carbocycles. The number of aliphatic hydroxyl groups is 1. The Morgan fingerprint density at radius 2 is 1.55 bits per heavy atom. The highest BCUT2D eigenvalue weighted by Gasteiger charge is 2.34. The van der Waals surface area contributed by atoms with E-state index in [0.29, 0.717) is 11.7 Å². The summed E-state index contributed by atoms with van der Waals surface area (Å²) in [7, 11) is 0. The van der Waals surface area contributed by atoms with Crippen LogP contribution in [0.4, 0.5) is 8.78 Å². The third-order valence-corrected chi connectivity index (χ3v) is 5.02. The SMILES string of the molecule is Cc1ccc(C(C)C)c(O)c1.OC(Cn1cncn1)(Cn1cncn1)c1ccc(F)cc1F. The van der Waals surface area contributed by atoms with Gasteiger partial charge in [0.1, 0.15) is 48.3 Å². The molecule has 0 atom stereocenters. The summed E-state index contributed by atoms with van der Waals surface area (Å²) >= 11 is 0. The predicted molar refractivity (Wildman–Crippen MR) is 117 cm³/mol. The van der Waals surface area contributed by atoms with Crippen LogP contribution in [0.25, 0.3) is 0 Å². The van der Waals surface area contributed by atoms with Crippen molar-refractivity contribution in [1.29, 1.82) is 0 Å². The fourth-order valence-corrected chi connectivity index (χ4v) is 3.39. The third-order valence-electron chi connectivity index (χ3n) is 5.02. The lowest BCUT2D eigenvalue weighted by Gasteiger charge is -2.28. The van der Waals surface area contributed by atoms with Crippen LogP contribution in [0.5, 0.6) is 5.75 Å². The van der Waals surface area contributed by atoms with Crippen molar-refractivity contribution in [2.45, 2.75) is 45.4 Å². The molecule has 0 radical (unpaired) electrons. The molecule has 0 aliphatic heterocycles. The van der Waals surface area contributed by atoms with Crippen LogP contribution in [0.2, 0.25) is 0 Å². The largest absolute Gasteiger partial charge is 0.508 e. The van der Waals surface area contributed by atoms with Gasteiger partial charge in [0.15, 0.2) is 0 Å². The first-order valence-corrected chi connectivity index (χ1v) is 10.3. The summed E-state index contributed by atoms with van der Waals surface area (Å²) in [5, 5.41) is 28.2. The van der Waals surface area contributed by atoms with Gasteiger partial charge in [-0.25, -0.2) is 28.1 Å². The third kappa shape index (κ3) is 6.19. The van der Waals surface area contributed by atoms with Gasteiger partial charge < -0.3 is 10.2 Å². The quantitative estimate of drug-likeness (QED) is 0.460. The Kier molecular flexibility index (Phi) is 7.49. The van der Waals surface area contributed by atoms with E-state index in [9.17, 15) is 19.0 Å². The molecule has 2 aromatic heterocycles. The van der Waals surface area contributed by atoms with Crippen LogP contribution in [-0.2, 0) is 18.7 Å². The molecule has 0 aliphatic carbocycles. The molecule has 33 heavy (non-hydrogen) atoms. The molecule has 0 fully saturated rings. The zero-order valence-electron chi connectivity index (χ0n) is 18.6. The second-order valence-electron chi connectivity index (χ2n) is 8.06. The number of nitrogens with zero attached hydrogens (tertiary/aromatic N) is 6. The molecule has 10 heteroatoms. The Labute approximate surface area is 190 Å². The van der Waals surface area contributed by atoms with E-state index in [1.54, 1.807) is 6.07 Å². The van der Waals surface area contributed by atoms with Crippen molar-refractivity contribution in [3.8, 4) is 5.75 Å². The van der Waals surface area contributed by atoms with Gasteiger partial charge in [0, 0.05) is 11.6 Å². The minimum atomic E-state index is -1.70. The van der Waals surface area contributed by atoms with Crippen molar-refractivity contribution in [2.75, 3.05) is 0 Å². The number of phenolic OH excluding ortho intramolecular Hbond substituents is 1. The van der Waals surface area contributed by atoms with Gasteiger partial charge in [-0.2, -0.15) is 10.2 Å². The van der Waals surface area contributed by atoms with Gasteiger partial charge in [0.05, 0.1) is 13.1 Å². The number of aromatic hydroxyl groups is 1. The van der Waals surface area contributed by atoms with Crippen molar-refractivity contribution in [2.24, 2.45) is 0 Å². The fourth-order valence-electron chi connectivity index (χ4n) is 3.39. The van der Waals surface area contributed by atoms with Crippen LogP contribution in [0.1, 0.15) is 36.5 Å². The zero-order chi connectivity index (χ0) is 24.0. The van der Waals surface area contributed by atoms with Crippen molar-refractivity contribution in [1.82, 2.24) is 29.5 Å².